The molecule has 1 aliphatic rings. The Hall–Kier alpha value is -1.62. The van der Waals surface area contributed by atoms with Crippen molar-refractivity contribution >= 4 is 11.4 Å². The van der Waals surface area contributed by atoms with E-state index in [0.717, 1.165) is 19.4 Å². The minimum atomic E-state index is -0.325. The molecule has 0 amide bonds. The van der Waals surface area contributed by atoms with Crippen LogP contribution in [0.25, 0.3) is 0 Å². The van der Waals surface area contributed by atoms with Crippen LogP contribution >= 0.6 is 0 Å². The van der Waals surface area contributed by atoms with E-state index in [1.807, 2.05) is 6.07 Å². The maximum absolute atomic E-state index is 11.1. The summed E-state index contributed by atoms with van der Waals surface area (Å²) >= 11 is 0. The summed E-state index contributed by atoms with van der Waals surface area (Å²) in [4.78, 5) is 13.1. The number of rotatable bonds is 5. The van der Waals surface area contributed by atoms with Crippen LogP contribution in [0.2, 0.25) is 0 Å². The van der Waals surface area contributed by atoms with Crippen LogP contribution in [0.4, 0.5) is 11.4 Å². The second kappa shape index (κ2) is 6.43. The number of para-hydroxylation sites is 2. The van der Waals surface area contributed by atoms with Gasteiger partial charge in [-0.1, -0.05) is 31.9 Å². The SMILES string of the molecule is CC1CCCC(CNc2ccccc2[N+](=O)[O-])(N(C)C)C1. The van der Waals surface area contributed by atoms with E-state index in [4.69, 9.17) is 0 Å². The van der Waals surface area contributed by atoms with Gasteiger partial charge in [-0.2, -0.15) is 0 Å². The lowest BCUT2D eigenvalue weighted by Gasteiger charge is -2.45. The van der Waals surface area contributed by atoms with Gasteiger partial charge in [0.1, 0.15) is 5.69 Å². The molecule has 2 atom stereocenters. The molecule has 1 saturated carbocycles. The van der Waals surface area contributed by atoms with Crippen molar-refractivity contribution in [2.24, 2.45) is 5.92 Å². The molecule has 2 rings (SSSR count). The largest absolute Gasteiger partial charge is 0.378 e. The van der Waals surface area contributed by atoms with Crippen LogP contribution in [0.15, 0.2) is 24.3 Å². The zero-order chi connectivity index (χ0) is 15.5. The van der Waals surface area contributed by atoms with Crippen molar-refractivity contribution in [1.29, 1.82) is 0 Å². The Morgan fingerprint density at radius 2 is 2.14 bits per heavy atom. The smallest absolute Gasteiger partial charge is 0.292 e. The van der Waals surface area contributed by atoms with E-state index in [9.17, 15) is 10.1 Å². The molecule has 5 heteroatoms. The highest BCUT2D eigenvalue weighted by Crippen LogP contribution is 2.36. The van der Waals surface area contributed by atoms with Gasteiger partial charge >= 0.3 is 0 Å². The summed E-state index contributed by atoms with van der Waals surface area (Å²) in [5, 5.41) is 14.4. The highest BCUT2D eigenvalue weighted by Gasteiger charge is 2.37. The summed E-state index contributed by atoms with van der Waals surface area (Å²) < 4.78 is 0. The van der Waals surface area contributed by atoms with Crippen molar-refractivity contribution < 1.29 is 4.92 Å². The summed E-state index contributed by atoms with van der Waals surface area (Å²) in [7, 11) is 4.22. The molecule has 0 saturated heterocycles. The van der Waals surface area contributed by atoms with Crippen molar-refractivity contribution in [3.8, 4) is 0 Å². The minimum Gasteiger partial charge on any atom is -0.378 e. The second-order valence-corrected chi connectivity index (χ2v) is 6.45. The summed E-state index contributed by atoms with van der Waals surface area (Å²) in [6, 6.07) is 6.87. The topological polar surface area (TPSA) is 58.4 Å². The van der Waals surface area contributed by atoms with Gasteiger partial charge in [-0.3, -0.25) is 10.1 Å². The Morgan fingerprint density at radius 3 is 2.76 bits per heavy atom. The number of nitro benzene ring substituents is 1. The summed E-state index contributed by atoms with van der Waals surface area (Å²) in [5.41, 5.74) is 0.846. The third-order valence-corrected chi connectivity index (χ3v) is 4.72. The lowest BCUT2D eigenvalue weighted by molar-refractivity contribution is -0.384. The van der Waals surface area contributed by atoms with Crippen molar-refractivity contribution in [2.75, 3.05) is 26.0 Å². The first-order chi connectivity index (χ1) is 9.94. The fourth-order valence-electron chi connectivity index (χ4n) is 3.40. The van der Waals surface area contributed by atoms with E-state index in [2.05, 4.69) is 31.2 Å². The molecule has 21 heavy (non-hydrogen) atoms. The molecule has 1 aromatic rings. The number of nitro groups is 1. The summed E-state index contributed by atoms with van der Waals surface area (Å²) in [6.45, 7) is 3.04. The van der Waals surface area contributed by atoms with Gasteiger partial charge in [0, 0.05) is 18.2 Å². The average molecular weight is 291 g/mol. The number of anilines is 1. The van der Waals surface area contributed by atoms with Gasteiger partial charge in [0.05, 0.1) is 4.92 Å². The average Bonchev–Trinajstić information content (AvgIpc) is 2.45. The van der Waals surface area contributed by atoms with Gasteiger partial charge < -0.3 is 10.2 Å². The number of nitrogens with one attached hydrogen (secondary N) is 1. The van der Waals surface area contributed by atoms with Gasteiger partial charge in [0.15, 0.2) is 0 Å². The predicted octanol–water partition coefficient (Wildman–Crippen LogP) is 3.52. The molecule has 0 heterocycles. The van der Waals surface area contributed by atoms with Crippen LogP contribution in [0.1, 0.15) is 32.6 Å². The van der Waals surface area contributed by atoms with Crippen molar-refractivity contribution in [3.63, 3.8) is 0 Å². The lowest BCUT2D eigenvalue weighted by Crippen LogP contribution is -2.52. The van der Waals surface area contributed by atoms with Gasteiger partial charge in [-0.15, -0.1) is 0 Å². The van der Waals surface area contributed by atoms with E-state index in [1.54, 1.807) is 18.2 Å². The van der Waals surface area contributed by atoms with Crippen LogP contribution in [0.3, 0.4) is 0 Å². The Balaban J connectivity index is 2.14. The van der Waals surface area contributed by atoms with E-state index >= 15 is 0 Å². The number of likely N-dealkylation sites (N-methyl/N-ethyl adjacent to an activating group) is 1. The molecule has 116 valence electrons. The fraction of sp³-hybridized carbons (Fsp3) is 0.625. The molecule has 0 aliphatic heterocycles. The molecule has 0 bridgehead atoms. The molecule has 1 N–H and O–H groups in total. The number of nitrogens with zero attached hydrogens (tertiary/aromatic N) is 2. The minimum absolute atomic E-state index is 0.0847. The molecule has 0 spiro atoms. The predicted molar refractivity (Wildman–Crippen MR) is 85.6 cm³/mol. The molecule has 1 aromatic carbocycles. The zero-order valence-electron chi connectivity index (χ0n) is 13.1. The van der Waals surface area contributed by atoms with Crippen LogP contribution in [0, 0.1) is 16.0 Å². The standard InChI is InChI=1S/C16H25N3O2/c1-13-7-6-10-16(11-13,18(2)3)12-17-14-8-4-5-9-15(14)19(20)21/h4-5,8-9,13,17H,6-7,10-12H2,1-3H3. The molecule has 1 fully saturated rings. The molecule has 1 aliphatic carbocycles. The second-order valence-electron chi connectivity index (χ2n) is 6.45. The highest BCUT2D eigenvalue weighted by atomic mass is 16.6. The zero-order valence-corrected chi connectivity index (χ0v) is 13.1. The van der Waals surface area contributed by atoms with Crippen LogP contribution < -0.4 is 5.32 Å². The van der Waals surface area contributed by atoms with Crippen molar-refractivity contribution in [3.05, 3.63) is 34.4 Å². The van der Waals surface area contributed by atoms with Crippen LogP contribution in [-0.2, 0) is 0 Å². The number of benzene rings is 1. The lowest BCUT2D eigenvalue weighted by atomic mass is 9.75. The first-order valence-electron chi connectivity index (χ1n) is 7.59. The van der Waals surface area contributed by atoms with E-state index in [-0.39, 0.29) is 16.1 Å². The Kier molecular flexibility index (Phi) is 4.83. The molecule has 2 unspecified atom stereocenters. The molecule has 5 nitrogen and oxygen atoms in total. The third kappa shape index (κ3) is 3.53. The quantitative estimate of drug-likeness (QED) is 0.666. The normalized spacial score (nSPS) is 25.8. The van der Waals surface area contributed by atoms with E-state index in [0.29, 0.717) is 11.6 Å². The Morgan fingerprint density at radius 1 is 1.43 bits per heavy atom. The molecule has 0 radical (unpaired) electrons. The number of hydrogen-bond acceptors (Lipinski definition) is 4. The van der Waals surface area contributed by atoms with E-state index in [1.165, 1.54) is 12.8 Å². The van der Waals surface area contributed by atoms with Crippen LogP contribution in [0.5, 0.6) is 0 Å². The molecular weight excluding hydrogens is 266 g/mol. The Bertz CT molecular complexity index is 504. The first kappa shape index (κ1) is 15.8. The third-order valence-electron chi connectivity index (χ3n) is 4.72. The van der Waals surface area contributed by atoms with Gasteiger partial charge in [0.25, 0.3) is 5.69 Å². The van der Waals surface area contributed by atoms with Gasteiger partial charge in [-0.05, 0) is 38.9 Å². The maximum Gasteiger partial charge on any atom is 0.292 e. The highest BCUT2D eigenvalue weighted by molar-refractivity contribution is 5.61. The van der Waals surface area contributed by atoms with Crippen LogP contribution in [-0.4, -0.2) is 36.0 Å². The first-order valence-corrected chi connectivity index (χ1v) is 7.59. The van der Waals surface area contributed by atoms with E-state index < -0.39 is 0 Å². The molecular formula is C16H25N3O2. The maximum atomic E-state index is 11.1. The fourth-order valence-corrected chi connectivity index (χ4v) is 3.40. The van der Waals surface area contributed by atoms with Gasteiger partial charge in [-0.25, -0.2) is 0 Å². The Labute approximate surface area is 126 Å². The van der Waals surface area contributed by atoms with Crippen molar-refractivity contribution in [2.45, 2.75) is 38.1 Å². The molecule has 0 aromatic heterocycles. The van der Waals surface area contributed by atoms with Crippen molar-refractivity contribution in [1.82, 2.24) is 4.90 Å². The summed E-state index contributed by atoms with van der Waals surface area (Å²) in [6.07, 6.45) is 4.77. The summed E-state index contributed by atoms with van der Waals surface area (Å²) in [5.74, 6) is 0.703. The van der Waals surface area contributed by atoms with Gasteiger partial charge in [0.2, 0.25) is 0 Å². The number of hydrogen-bond donors (Lipinski definition) is 1. The monoisotopic (exact) mass is 291 g/mol.